The standard InChI is InChI=1S/C18H19N3O3S/c1-14-5-2-3-6-16(14)13-20-18(22)15-7-9-17(10-8-15)25(23,24)21-12-4-11-19/h2-3,5-10,21H,4,12-13H2,1H3,(H,20,22). The highest BCUT2D eigenvalue weighted by Crippen LogP contribution is 2.11. The van der Waals surface area contributed by atoms with Crippen LogP contribution in [0.25, 0.3) is 0 Å². The maximum absolute atomic E-state index is 12.2. The molecule has 6 nitrogen and oxygen atoms in total. The Morgan fingerprint density at radius 1 is 1.12 bits per heavy atom. The Morgan fingerprint density at radius 3 is 2.44 bits per heavy atom. The minimum atomic E-state index is -3.67. The van der Waals surface area contributed by atoms with Gasteiger partial charge < -0.3 is 5.32 Å². The predicted molar refractivity (Wildman–Crippen MR) is 94.2 cm³/mol. The van der Waals surface area contributed by atoms with Crippen molar-refractivity contribution in [3.05, 3.63) is 65.2 Å². The summed E-state index contributed by atoms with van der Waals surface area (Å²) >= 11 is 0. The smallest absolute Gasteiger partial charge is 0.251 e. The summed E-state index contributed by atoms with van der Waals surface area (Å²) in [5.41, 5.74) is 2.49. The van der Waals surface area contributed by atoms with E-state index in [0.717, 1.165) is 11.1 Å². The lowest BCUT2D eigenvalue weighted by atomic mass is 10.1. The van der Waals surface area contributed by atoms with E-state index < -0.39 is 10.0 Å². The van der Waals surface area contributed by atoms with Crippen LogP contribution in [0.3, 0.4) is 0 Å². The summed E-state index contributed by atoms with van der Waals surface area (Å²) < 4.78 is 26.4. The fourth-order valence-corrected chi connectivity index (χ4v) is 3.23. The zero-order chi connectivity index (χ0) is 18.3. The molecule has 0 aliphatic rings. The molecule has 0 atom stereocenters. The summed E-state index contributed by atoms with van der Waals surface area (Å²) in [5.74, 6) is -0.273. The van der Waals surface area contributed by atoms with Gasteiger partial charge in [0.1, 0.15) is 0 Å². The first kappa shape index (κ1) is 18.6. The van der Waals surface area contributed by atoms with E-state index in [9.17, 15) is 13.2 Å². The molecule has 25 heavy (non-hydrogen) atoms. The summed E-state index contributed by atoms with van der Waals surface area (Å²) in [4.78, 5) is 12.2. The van der Waals surface area contributed by atoms with E-state index in [4.69, 9.17) is 5.26 Å². The number of carbonyl (C=O) groups is 1. The maximum Gasteiger partial charge on any atom is 0.251 e. The maximum atomic E-state index is 12.2. The molecule has 0 saturated carbocycles. The van der Waals surface area contributed by atoms with Gasteiger partial charge in [0.05, 0.1) is 11.0 Å². The monoisotopic (exact) mass is 357 g/mol. The number of carbonyl (C=O) groups excluding carboxylic acids is 1. The van der Waals surface area contributed by atoms with Crippen molar-refractivity contribution in [1.82, 2.24) is 10.0 Å². The van der Waals surface area contributed by atoms with E-state index in [0.29, 0.717) is 12.1 Å². The molecule has 1 amide bonds. The fraction of sp³-hybridized carbons (Fsp3) is 0.222. The second-order valence-corrected chi connectivity index (χ2v) is 7.21. The second-order valence-electron chi connectivity index (χ2n) is 5.44. The van der Waals surface area contributed by atoms with Gasteiger partial charge in [-0.3, -0.25) is 4.79 Å². The number of hydrogen-bond acceptors (Lipinski definition) is 4. The Hall–Kier alpha value is -2.69. The predicted octanol–water partition coefficient (Wildman–Crippen LogP) is 2.12. The van der Waals surface area contributed by atoms with Crippen LogP contribution in [0.1, 0.15) is 27.9 Å². The number of nitrogens with one attached hydrogen (secondary N) is 2. The van der Waals surface area contributed by atoms with Crippen LogP contribution in [0, 0.1) is 18.3 Å². The number of nitrogens with zero attached hydrogens (tertiary/aromatic N) is 1. The molecular formula is C18H19N3O3S. The van der Waals surface area contributed by atoms with E-state index in [1.54, 1.807) is 0 Å². The van der Waals surface area contributed by atoms with Crippen LogP contribution < -0.4 is 10.0 Å². The van der Waals surface area contributed by atoms with Gasteiger partial charge in [-0.15, -0.1) is 0 Å². The van der Waals surface area contributed by atoms with Gasteiger partial charge in [-0.05, 0) is 42.3 Å². The lowest BCUT2D eigenvalue weighted by molar-refractivity contribution is 0.0951. The zero-order valence-corrected chi connectivity index (χ0v) is 14.6. The molecule has 2 aromatic carbocycles. The van der Waals surface area contributed by atoms with Crippen LogP contribution in [0.5, 0.6) is 0 Å². The van der Waals surface area contributed by atoms with E-state index in [1.165, 1.54) is 24.3 Å². The Bertz CT molecular complexity index is 885. The Balaban J connectivity index is 2.00. The van der Waals surface area contributed by atoms with Crippen molar-refractivity contribution in [3.8, 4) is 6.07 Å². The molecule has 2 N–H and O–H groups in total. The van der Waals surface area contributed by atoms with E-state index in [1.807, 2.05) is 37.3 Å². The summed E-state index contributed by atoms with van der Waals surface area (Å²) in [6, 6.07) is 15.3. The van der Waals surface area contributed by atoms with Gasteiger partial charge >= 0.3 is 0 Å². The molecule has 2 aromatic rings. The van der Waals surface area contributed by atoms with Crippen LogP contribution in [0.15, 0.2) is 53.4 Å². The van der Waals surface area contributed by atoms with Crippen molar-refractivity contribution < 1.29 is 13.2 Å². The fourth-order valence-electron chi connectivity index (χ4n) is 2.20. The van der Waals surface area contributed by atoms with Gasteiger partial charge in [0.15, 0.2) is 0 Å². The molecule has 0 saturated heterocycles. The van der Waals surface area contributed by atoms with Gasteiger partial charge in [0.25, 0.3) is 5.91 Å². The van der Waals surface area contributed by atoms with E-state index in [-0.39, 0.29) is 23.8 Å². The van der Waals surface area contributed by atoms with Gasteiger partial charge in [-0.2, -0.15) is 5.26 Å². The number of sulfonamides is 1. The topological polar surface area (TPSA) is 99.1 Å². The number of benzene rings is 2. The largest absolute Gasteiger partial charge is 0.348 e. The molecule has 0 aromatic heterocycles. The molecule has 0 heterocycles. The van der Waals surface area contributed by atoms with Gasteiger partial charge in [0, 0.05) is 25.1 Å². The highest BCUT2D eigenvalue weighted by atomic mass is 32.2. The quantitative estimate of drug-likeness (QED) is 0.741. The van der Waals surface area contributed by atoms with Crippen molar-refractivity contribution >= 4 is 15.9 Å². The molecule has 0 radical (unpaired) electrons. The van der Waals surface area contributed by atoms with Gasteiger partial charge in [-0.25, -0.2) is 13.1 Å². The molecular weight excluding hydrogens is 338 g/mol. The van der Waals surface area contributed by atoms with E-state index >= 15 is 0 Å². The third-order valence-electron chi connectivity index (χ3n) is 3.66. The normalized spacial score (nSPS) is 10.9. The lowest BCUT2D eigenvalue weighted by Gasteiger charge is -2.09. The third-order valence-corrected chi connectivity index (χ3v) is 5.13. The first-order valence-corrected chi connectivity index (χ1v) is 9.22. The number of hydrogen-bond donors (Lipinski definition) is 2. The first-order valence-electron chi connectivity index (χ1n) is 7.73. The lowest BCUT2D eigenvalue weighted by Crippen LogP contribution is -2.25. The van der Waals surface area contributed by atoms with E-state index in [2.05, 4.69) is 10.0 Å². The summed E-state index contributed by atoms with van der Waals surface area (Å²) in [6.45, 7) is 2.43. The van der Waals surface area contributed by atoms with Gasteiger partial charge in [-0.1, -0.05) is 24.3 Å². The molecule has 0 spiro atoms. The molecule has 7 heteroatoms. The number of nitriles is 1. The van der Waals surface area contributed by atoms with Crippen LogP contribution >= 0.6 is 0 Å². The molecule has 2 rings (SSSR count). The molecule has 0 unspecified atom stereocenters. The minimum absolute atomic E-state index is 0.0531. The van der Waals surface area contributed by atoms with Gasteiger partial charge in [0.2, 0.25) is 10.0 Å². The third kappa shape index (κ3) is 5.14. The SMILES string of the molecule is Cc1ccccc1CNC(=O)c1ccc(S(=O)(=O)NCCC#N)cc1. The van der Waals surface area contributed by atoms with Crippen molar-refractivity contribution in [2.24, 2.45) is 0 Å². The highest BCUT2D eigenvalue weighted by molar-refractivity contribution is 7.89. The Kier molecular flexibility index (Phi) is 6.28. The highest BCUT2D eigenvalue weighted by Gasteiger charge is 2.14. The minimum Gasteiger partial charge on any atom is -0.348 e. The Labute approximate surface area is 147 Å². The van der Waals surface area contributed by atoms with Crippen molar-refractivity contribution in [2.45, 2.75) is 24.8 Å². The van der Waals surface area contributed by atoms with Crippen LogP contribution in [0.4, 0.5) is 0 Å². The van der Waals surface area contributed by atoms with Crippen molar-refractivity contribution in [3.63, 3.8) is 0 Å². The second kappa shape index (κ2) is 8.42. The average Bonchev–Trinajstić information content (AvgIpc) is 2.61. The number of amides is 1. The van der Waals surface area contributed by atoms with Crippen LogP contribution in [-0.2, 0) is 16.6 Å². The first-order chi connectivity index (χ1) is 11.9. The molecule has 0 aliphatic heterocycles. The zero-order valence-electron chi connectivity index (χ0n) is 13.8. The van der Waals surface area contributed by atoms with Crippen LogP contribution in [-0.4, -0.2) is 20.9 Å². The molecule has 0 fully saturated rings. The number of rotatable bonds is 7. The average molecular weight is 357 g/mol. The van der Waals surface area contributed by atoms with Crippen molar-refractivity contribution in [2.75, 3.05) is 6.54 Å². The number of aryl methyl sites for hydroxylation is 1. The molecule has 0 aliphatic carbocycles. The van der Waals surface area contributed by atoms with Crippen LogP contribution in [0.2, 0.25) is 0 Å². The summed E-state index contributed by atoms with van der Waals surface area (Å²) in [6.07, 6.45) is 0.0959. The Morgan fingerprint density at radius 2 is 1.80 bits per heavy atom. The van der Waals surface area contributed by atoms with Crippen molar-refractivity contribution in [1.29, 1.82) is 5.26 Å². The summed E-state index contributed by atoms with van der Waals surface area (Å²) in [7, 11) is -3.67. The molecule has 0 bridgehead atoms. The summed E-state index contributed by atoms with van der Waals surface area (Å²) in [5, 5.41) is 11.3. The molecule has 130 valence electrons.